The molecule has 112 valence electrons. The van der Waals surface area contributed by atoms with Gasteiger partial charge in [0.05, 0.1) is 15.5 Å². The van der Waals surface area contributed by atoms with Crippen molar-refractivity contribution in [2.75, 3.05) is 6.26 Å². The van der Waals surface area contributed by atoms with Gasteiger partial charge in [0.1, 0.15) is 0 Å². The molecule has 21 heavy (non-hydrogen) atoms. The summed E-state index contributed by atoms with van der Waals surface area (Å²) < 4.78 is 33.0. The largest absolute Gasteiger partial charge is 0.452 e. The predicted octanol–water partition coefficient (Wildman–Crippen LogP) is 1.79. The Morgan fingerprint density at radius 1 is 1.38 bits per heavy atom. The standard InChI is InChI=1S/C12H11ClN2O5S/c1-7-14-15-11(20-7)6-19-12(16)9-5-8(21(2,17)18)3-4-10(9)13/h3-5H,6H2,1-2H3. The zero-order valence-corrected chi connectivity index (χ0v) is 12.7. The first-order chi connectivity index (χ1) is 9.77. The molecule has 2 rings (SSSR count). The molecule has 0 radical (unpaired) electrons. The molecule has 0 atom stereocenters. The number of rotatable bonds is 4. The molecule has 1 heterocycles. The van der Waals surface area contributed by atoms with Crippen molar-refractivity contribution < 1.29 is 22.4 Å². The Morgan fingerprint density at radius 2 is 2.10 bits per heavy atom. The lowest BCUT2D eigenvalue weighted by Crippen LogP contribution is -2.08. The van der Waals surface area contributed by atoms with Gasteiger partial charge in [0, 0.05) is 13.2 Å². The summed E-state index contributed by atoms with van der Waals surface area (Å²) in [5, 5.41) is 7.35. The third kappa shape index (κ3) is 3.79. The maximum atomic E-state index is 11.9. The van der Waals surface area contributed by atoms with Crippen LogP contribution in [0.4, 0.5) is 0 Å². The molecule has 0 aliphatic carbocycles. The molecular formula is C12H11ClN2O5S. The molecular weight excluding hydrogens is 320 g/mol. The molecule has 0 amide bonds. The maximum absolute atomic E-state index is 11.9. The van der Waals surface area contributed by atoms with Crippen LogP contribution in [0.15, 0.2) is 27.5 Å². The van der Waals surface area contributed by atoms with Crippen LogP contribution >= 0.6 is 11.6 Å². The van der Waals surface area contributed by atoms with Gasteiger partial charge in [-0.1, -0.05) is 11.6 Å². The van der Waals surface area contributed by atoms with E-state index < -0.39 is 15.8 Å². The number of ether oxygens (including phenoxy) is 1. The molecule has 0 spiro atoms. The highest BCUT2D eigenvalue weighted by molar-refractivity contribution is 7.90. The molecule has 2 aromatic rings. The number of carbonyl (C=O) groups is 1. The van der Waals surface area contributed by atoms with Crippen LogP contribution < -0.4 is 0 Å². The summed E-state index contributed by atoms with van der Waals surface area (Å²) in [5.74, 6) is -0.296. The summed E-state index contributed by atoms with van der Waals surface area (Å²) in [5.41, 5.74) is -0.0455. The molecule has 1 aromatic carbocycles. The van der Waals surface area contributed by atoms with Gasteiger partial charge in [0.25, 0.3) is 5.89 Å². The van der Waals surface area contributed by atoms with E-state index in [9.17, 15) is 13.2 Å². The van der Waals surface area contributed by atoms with E-state index in [-0.39, 0.29) is 28.0 Å². The summed E-state index contributed by atoms with van der Waals surface area (Å²) in [7, 11) is -3.45. The molecule has 0 unspecified atom stereocenters. The van der Waals surface area contributed by atoms with Crippen molar-refractivity contribution >= 4 is 27.4 Å². The summed E-state index contributed by atoms with van der Waals surface area (Å²) >= 11 is 5.88. The molecule has 0 N–H and O–H groups in total. The van der Waals surface area contributed by atoms with Crippen LogP contribution in [0.5, 0.6) is 0 Å². The second kappa shape index (κ2) is 5.82. The third-order valence-corrected chi connectivity index (χ3v) is 3.92. The first-order valence-electron chi connectivity index (χ1n) is 5.73. The van der Waals surface area contributed by atoms with Crippen LogP contribution in [-0.2, 0) is 21.2 Å². The van der Waals surface area contributed by atoms with Crippen LogP contribution in [0.25, 0.3) is 0 Å². The number of halogens is 1. The Morgan fingerprint density at radius 3 is 2.67 bits per heavy atom. The van der Waals surface area contributed by atoms with Crippen LogP contribution in [-0.4, -0.2) is 30.8 Å². The molecule has 0 aliphatic heterocycles. The molecule has 0 saturated carbocycles. The van der Waals surface area contributed by atoms with Crippen molar-refractivity contribution in [3.63, 3.8) is 0 Å². The van der Waals surface area contributed by atoms with Gasteiger partial charge in [-0.3, -0.25) is 0 Å². The van der Waals surface area contributed by atoms with Crippen molar-refractivity contribution in [3.05, 3.63) is 40.6 Å². The van der Waals surface area contributed by atoms with Gasteiger partial charge in [0.2, 0.25) is 5.89 Å². The fraction of sp³-hybridized carbons (Fsp3) is 0.250. The van der Waals surface area contributed by atoms with E-state index in [0.717, 1.165) is 6.26 Å². The summed E-state index contributed by atoms with van der Waals surface area (Å²) in [6.07, 6.45) is 1.03. The number of aromatic nitrogens is 2. The van der Waals surface area contributed by atoms with Crippen molar-refractivity contribution in [1.82, 2.24) is 10.2 Å². The van der Waals surface area contributed by atoms with E-state index in [4.69, 9.17) is 20.8 Å². The number of aryl methyl sites for hydroxylation is 1. The lowest BCUT2D eigenvalue weighted by molar-refractivity contribution is 0.0436. The van der Waals surface area contributed by atoms with E-state index in [0.29, 0.717) is 5.89 Å². The Hall–Kier alpha value is -1.93. The van der Waals surface area contributed by atoms with E-state index >= 15 is 0 Å². The number of nitrogens with zero attached hydrogens (tertiary/aromatic N) is 2. The fourth-order valence-electron chi connectivity index (χ4n) is 1.49. The highest BCUT2D eigenvalue weighted by atomic mass is 35.5. The first-order valence-corrected chi connectivity index (χ1v) is 8.00. The van der Waals surface area contributed by atoms with Gasteiger partial charge in [-0.05, 0) is 18.2 Å². The topological polar surface area (TPSA) is 99.4 Å². The number of carbonyl (C=O) groups excluding carboxylic acids is 1. The fourth-order valence-corrected chi connectivity index (χ4v) is 2.33. The molecule has 0 fully saturated rings. The Bertz CT molecular complexity index is 785. The number of esters is 1. The Kier molecular flexibility index (Phi) is 4.29. The van der Waals surface area contributed by atoms with E-state index in [2.05, 4.69) is 10.2 Å². The maximum Gasteiger partial charge on any atom is 0.340 e. The number of hydrogen-bond acceptors (Lipinski definition) is 7. The average molecular weight is 331 g/mol. The minimum Gasteiger partial charge on any atom is -0.452 e. The molecule has 0 aliphatic rings. The normalized spacial score (nSPS) is 11.4. The van der Waals surface area contributed by atoms with Crippen LogP contribution in [0.3, 0.4) is 0 Å². The number of benzene rings is 1. The average Bonchev–Trinajstić information content (AvgIpc) is 2.81. The van der Waals surface area contributed by atoms with Gasteiger partial charge in [-0.2, -0.15) is 0 Å². The van der Waals surface area contributed by atoms with Gasteiger partial charge < -0.3 is 9.15 Å². The first kappa shape index (κ1) is 15.5. The van der Waals surface area contributed by atoms with Crippen molar-refractivity contribution in [3.8, 4) is 0 Å². The van der Waals surface area contributed by atoms with Crippen LogP contribution in [0.2, 0.25) is 5.02 Å². The second-order valence-corrected chi connectivity index (χ2v) is 6.63. The molecule has 1 aromatic heterocycles. The summed E-state index contributed by atoms with van der Waals surface area (Å²) in [4.78, 5) is 11.9. The predicted molar refractivity (Wildman–Crippen MR) is 72.7 cm³/mol. The van der Waals surface area contributed by atoms with E-state index in [1.165, 1.54) is 18.2 Å². The smallest absolute Gasteiger partial charge is 0.340 e. The third-order valence-electron chi connectivity index (χ3n) is 2.48. The minimum atomic E-state index is -3.45. The summed E-state index contributed by atoms with van der Waals surface area (Å²) in [6.45, 7) is 1.38. The molecule has 7 nitrogen and oxygen atoms in total. The van der Waals surface area contributed by atoms with E-state index in [1.807, 2.05) is 0 Å². The monoisotopic (exact) mass is 330 g/mol. The number of hydrogen-bond donors (Lipinski definition) is 0. The highest BCUT2D eigenvalue weighted by Gasteiger charge is 2.17. The second-order valence-electron chi connectivity index (χ2n) is 4.20. The molecule has 0 saturated heterocycles. The highest BCUT2D eigenvalue weighted by Crippen LogP contribution is 2.21. The van der Waals surface area contributed by atoms with Gasteiger partial charge in [-0.15, -0.1) is 10.2 Å². The Balaban J connectivity index is 2.18. The molecule has 9 heteroatoms. The zero-order valence-electron chi connectivity index (χ0n) is 11.2. The van der Waals surface area contributed by atoms with Gasteiger partial charge in [-0.25, -0.2) is 13.2 Å². The SMILES string of the molecule is Cc1nnc(COC(=O)c2cc(S(C)(=O)=O)ccc2Cl)o1. The number of sulfone groups is 1. The lowest BCUT2D eigenvalue weighted by atomic mass is 10.2. The van der Waals surface area contributed by atoms with Gasteiger partial charge >= 0.3 is 5.97 Å². The Labute approximate surface area is 125 Å². The van der Waals surface area contributed by atoms with Crippen molar-refractivity contribution in [2.24, 2.45) is 0 Å². The van der Waals surface area contributed by atoms with Crippen LogP contribution in [0.1, 0.15) is 22.1 Å². The molecule has 0 bridgehead atoms. The van der Waals surface area contributed by atoms with Crippen molar-refractivity contribution in [1.29, 1.82) is 0 Å². The minimum absolute atomic E-state index is 0.0208. The summed E-state index contributed by atoms with van der Waals surface area (Å²) in [6, 6.07) is 3.81. The lowest BCUT2D eigenvalue weighted by Gasteiger charge is -2.06. The van der Waals surface area contributed by atoms with Gasteiger partial charge in [0.15, 0.2) is 16.4 Å². The quantitative estimate of drug-likeness (QED) is 0.788. The van der Waals surface area contributed by atoms with Crippen LogP contribution in [0, 0.1) is 6.92 Å². The zero-order chi connectivity index (χ0) is 15.6. The van der Waals surface area contributed by atoms with Crippen molar-refractivity contribution in [2.45, 2.75) is 18.4 Å². The van der Waals surface area contributed by atoms with E-state index in [1.54, 1.807) is 6.92 Å².